The van der Waals surface area contributed by atoms with Crippen molar-refractivity contribution in [3.05, 3.63) is 191 Å². The third kappa shape index (κ3) is 3.57. The lowest BCUT2D eigenvalue weighted by Crippen LogP contribution is -2.55. The van der Waals surface area contributed by atoms with E-state index in [1.165, 1.54) is 98.9 Å². The van der Waals surface area contributed by atoms with Crippen LogP contribution in [-0.4, -0.2) is 0 Å². The summed E-state index contributed by atoms with van der Waals surface area (Å²) in [5.41, 5.74) is 18.7. The maximum atomic E-state index is 6.76. The van der Waals surface area contributed by atoms with Crippen molar-refractivity contribution in [2.45, 2.75) is 42.9 Å². The lowest BCUT2D eigenvalue weighted by atomic mass is 9.43. The minimum atomic E-state index is -0.470. The Morgan fingerprint density at radius 3 is 1.65 bits per heavy atom. The van der Waals surface area contributed by atoms with E-state index in [9.17, 15) is 0 Å². The van der Waals surface area contributed by atoms with Gasteiger partial charge < -0.3 is 4.74 Å². The van der Waals surface area contributed by atoms with E-state index in [-0.39, 0.29) is 5.41 Å². The van der Waals surface area contributed by atoms with Gasteiger partial charge >= 0.3 is 0 Å². The first kappa shape index (κ1) is 29.8. The summed E-state index contributed by atoms with van der Waals surface area (Å²) in [4.78, 5) is 0. The van der Waals surface area contributed by atoms with Crippen LogP contribution in [0.3, 0.4) is 0 Å². The Hall–Kier alpha value is -5.66. The second-order valence-electron chi connectivity index (χ2n) is 17.2. The Kier molecular flexibility index (Phi) is 5.79. The Morgan fingerprint density at radius 2 is 0.907 bits per heavy atom. The number of para-hydroxylation sites is 1. The predicted molar refractivity (Wildman–Crippen MR) is 218 cm³/mol. The number of rotatable bonds is 2. The molecule has 0 unspecified atom stereocenters. The molecule has 14 rings (SSSR count). The van der Waals surface area contributed by atoms with E-state index in [4.69, 9.17) is 4.74 Å². The summed E-state index contributed by atoms with van der Waals surface area (Å²) >= 11 is 0. The number of hydrogen-bond donors (Lipinski definition) is 0. The molecule has 1 heterocycles. The Bertz CT molecular complexity index is 2660. The molecule has 0 N–H and O–H groups in total. The standard InChI is InChI=1S/C53H40O/c1-4-17-43-40(13-1)41-14-2-5-18-44(41)53(43)46-20-7-8-22-49(46)54-50-24-23-35(31-48(50)53)34-11-9-12-36(30-34)39-16-10-21-47-51(39)42-15-3-6-19-45(42)52(47)37-26-32-25-33(28-37)29-38(52)27-32/h1-24,30-33,37-38H,25-29H2. The SMILES string of the molecule is c1cc(-c2ccc3c(c2)C2(c4ccccc4O3)c3ccccc3-c3ccccc32)cc(-c2cccc3c2-c2ccccc2C32C3CC4CC(C3)CC2C4)c1. The van der Waals surface area contributed by atoms with Crippen molar-refractivity contribution >= 4 is 0 Å². The zero-order valence-corrected chi connectivity index (χ0v) is 30.3. The number of fused-ring (bicyclic) bond motifs is 12. The largest absolute Gasteiger partial charge is 0.457 e. The van der Waals surface area contributed by atoms with Crippen LogP contribution < -0.4 is 4.74 Å². The van der Waals surface area contributed by atoms with Gasteiger partial charge in [-0.25, -0.2) is 0 Å². The highest BCUT2D eigenvalue weighted by atomic mass is 16.5. The van der Waals surface area contributed by atoms with Gasteiger partial charge in [0.05, 0.1) is 5.41 Å². The van der Waals surface area contributed by atoms with Crippen LogP contribution in [0.25, 0.3) is 44.5 Å². The third-order valence-corrected chi connectivity index (χ3v) is 14.9. The predicted octanol–water partition coefficient (Wildman–Crippen LogP) is 13.2. The molecule has 0 aromatic heterocycles. The summed E-state index contributed by atoms with van der Waals surface area (Å²) < 4.78 is 6.76. The molecule has 7 aliphatic rings. The van der Waals surface area contributed by atoms with Crippen LogP contribution in [0.15, 0.2) is 158 Å². The highest BCUT2D eigenvalue weighted by molar-refractivity contribution is 5.94. The Morgan fingerprint density at radius 1 is 0.370 bits per heavy atom. The molecule has 4 fully saturated rings. The van der Waals surface area contributed by atoms with E-state index in [0.717, 1.165) is 35.2 Å². The van der Waals surface area contributed by atoms with Crippen LogP contribution in [0.5, 0.6) is 11.5 Å². The van der Waals surface area contributed by atoms with Crippen molar-refractivity contribution in [1.29, 1.82) is 0 Å². The average molecular weight is 693 g/mol. The fraction of sp³-hybridized carbons (Fsp3) is 0.208. The van der Waals surface area contributed by atoms with Gasteiger partial charge in [0, 0.05) is 16.5 Å². The van der Waals surface area contributed by atoms with Crippen LogP contribution >= 0.6 is 0 Å². The number of benzene rings is 7. The van der Waals surface area contributed by atoms with Gasteiger partial charge in [0.25, 0.3) is 0 Å². The Labute approximate surface area is 317 Å². The quantitative estimate of drug-likeness (QED) is 0.175. The van der Waals surface area contributed by atoms with Crippen LogP contribution in [0.4, 0.5) is 0 Å². The summed E-state index contributed by atoms with van der Waals surface area (Å²) in [5, 5.41) is 0. The first-order valence-corrected chi connectivity index (χ1v) is 20.2. The van der Waals surface area contributed by atoms with Crippen LogP contribution in [0.1, 0.15) is 65.5 Å². The molecule has 0 radical (unpaired) electrons. The molecule has 7 aromatic rings. The zero-order valence-electron chi connectivity index (χ0n) is 30.3. The van der Waals surface area contributed by atoms with Crippen LogP contribution in [0.2, 0.25) is 0 Å². The van der Waals surface area contributed by atoms with E-state index in [1.54, 1.807) is 11.1 Å². The molecule has 1 heteroatoms. The van der Waals surface area contributed by atoms with E-state index < -0.39 is 5.41 Å². The first-order valence-electron chi connectivity index (χ1n) is 20.2. The van der Waals surface area contributed by atoms with Crippen LogP contribution in [-0.2, 0) is 10.8 Å². The van der Waals surface area contributed by atoms with E-state index in [1.807, 2.05) is 0 Å². The van der Waals surface area contributed by atoms with E-state index in [2.05, 4.69) is 158 Å². The van der Waals surface area contributed by atoms with Gasteiger partial charge in [-0.1, -0.05) is 133 Å². The fourth-order valence-electron chi connectivity index (χ4n) is 13.3. The van der Waals surface area contributed by atoms with Gasteiger partial charge in [0.15, 0.2) is 0 Å². The zero-order chi connectivity index (χ0) is 35.2. The average Bonchev–Trinajstić information content (AvgIpc) is 3.69. The van der Waals surface area contributed by atoms with Gasteiger partial charge in [0.2, 0.25) is 0 Å². The van der Waals surface area contributed by atoms with Crippen molar-refractivity contribution < 1.29 is 4.74 Å². The van der Waals surface area contributed by atoms with Crippen molar-refractivity contribution in [3.63, 3.8) is 0 Å². The van der Waals surface area contributed by atoms with E-state index >= 15 is 0 Å². The summed E-state index contributed by atoms with van der Waals surface area (Å²) in [6.45, 7) is 0. The smallest absolute Gasteiger partial charge is 0.132 e. The highest BCUT2D eigenvalue weighted by Gasteiger charge is 2.61. The van der Waals surface area contributed by atoms with Gasteiger partial charge in [-0.2, -0.15) is 0 Å². The highest BCUT2D eigenvalue weighted by Crippen LogP contribution is 2.70. The van der Waals surface area contributed by atoms with Gasteiger partial charge in [0.1, 0.15) is 11.5 Å². The maximum absolute atomic E-state index is 6.76. The normalized spacial score (nSPS) is 25.0. The second kappa shape index (κ2) is 10.5. The molecule has 1 aliphatic heterocycles. The van der Waals surface area contributed by atoms with Gasteiger partial charge in [-0.3, -0.25) is 0 Å². The molecule has 7 aromatic carbocycles. The Balaban J connectivity index is 0.993. The summed E-state index contributed by atoms with van der Waals surface area (Å²) in [7, 11) is 0. The molecule has 4 saturated carbocycles. The first-order chi connectivity index (χ1) is 26.7. The molecule has 2 spiro atoms. The monoisotopic (exact) mass is 692 g/mol. The van der Waals surface area contributed by atoms with Crippen molar-refractivity contribution in [3.8, 4) is 56.0 Å². The summed E-state index contributed by atoms with van der Waals surface area (Å²) in [6, 6.07) is 59.7. The summed E-state index contributed by atoms with van der Waals surface area (Å²) in [5.74, 6) is 5.27. The molecule has 0 amide bonds. The molecule has 1 nitrogen and oxygen atoms in total. The number of ether oxygens (including phenoxy) is 1. The lowest BCUT2D eigenvalue weighted by Gasteiger charge is -2.61. The second-order valence-corrected chi connectivity index (χ2v) is 17.2. The molecule has 0 saturated heterocycles. The topological polar surface area (TPSA) is 9.23 Å². The molecule has 6 aliphatic carbocycles. The minimum absolute atomic E-state index is 0.171. The molecule has 4 bridgehead atoms. The lowest BCUT2D eigenvalue weighted by molar-refractivity contribution is -0.0399. The van der Waals surface area contributed by atoms with Gasteiger partial charge in [-0.05, 0) is 147 Å². The maximum Gasteiger partial charge on any atom is 0.132 e. The van der Waals surface area contributed by atoms with Crippen molar-refractivity contribution in [2.75, 3.05) is 0 Å². The number of hydrogen-bond acceptors (Lipinski definition) is 1. The van der Waals surface area contributed by atoms with Crippen molar-refractivity contribution in [1.82, 2.24) is 0 Å². The fourth-order valence-corrected chi connectivity index (χ4v) is 13.3. The van der Waals surface area contributed by atoms with E-state index in [0.29, 0.717) is 0 Å². The minimum Gasteiger partial charge on any atom is -0.457 e. The molecule has 0 atom stereocenters. The third-order valence-electron chi connectivity index (χ3n) is 14.9. The molecular weight excluding hydrogens is 653 g/mol. The molecular formula is C53H40O. The van der Waals surface area contributed by atoms with Gasteiger partial charge in [-0.15, -0.1) is 0 Å². The molecule has 258 valence electrons. The molecule has 54 heavy (non-hydrogen) atoms. The van der Waals surface area contributed by atoms with Crippen LogP contribution in [0, 0.1) is 23.7 Å². The van der Waals surface area contributed by atoms with Crippen molar-refractivity contribution in [2.24, 2.45) is 23.7 Å². The summed E-state index contributed by atoms with van der Waals surface area (Å²) in [6.07, 6.45) is 7.10.